The Bertz CT molecular complexity index is 1560. The molecule has 11 nitrogen and oxygen atoms in total. The molecule has 0 aliphatic carbocycles. The number of benzene rings is 1. The van der Waals surface area contributed by atoms with Crippen molar-refractivity contribution in [2.45, 2.75) is 77.6 Å². The lowest BCUT2D eigenvalue weighted by molar-refractivity contribution is -0.0655. The summed E-state index contributed by atoms with van der Waals surface area (Å²) in [5, 5.41) is 6.65. The van der Waals surface area contributed by atoms with E-state index in [1.807, 2.05) is 27.7 Å². The summed E-state index contributed by atoms with van der Waals surface area (Å²) in [7, 11) is 0. The standard InChI is InChI=1S/C30H34F2N4O7/c1-16(2)8-10-41-29(40)42-26-24-28(39)35-15-23(30(9-7-18(35)4)12-17(3)34-43-30)36(24)14-21(25(26)37)27(38)33-13-19-5-6-20(31)11-22(19)32/h5-6,11,14,16,18,23H,7-10,12-13,15H2,1-4H3,(H,33,38)/t18-,23+,30-/m0/s1. The SMILES string of the molecule is CC1=NO[C@@]2(CC[C@H](C)N3C[C@H]2n2cc(C(=O)NCc4ccc(F)cc4F)c(=O)c(OC(=O)OCCC(C)C)c2C3=O)C1. The van der Waals surface area contributed by atoms with Crippen LogP contribution in [-0.4, -0.2) is 57.9 Å². The van der Waals surface area contributed by atoms with Gasteiger partial charge in [-0.15, -0.1) is 0 Å². The third kappa shape index (κ3) is 5.84. The minimum absolute atomic E-state index is 0.00692. The van der Waals surface area contributed by atoms with Crippen molar-refractivity contribution >= 4 is 23.7 Å². The number of halogens is 2. The molecule has 2 aromatic rings. The Morgan fingerprint density at radius 3 is 2.70 bits per heavy atom. The number of carbonyl (C=O) groups is 3. The van der Waals surface area contributed by atoms with E-state index in [-0.39, 0.29) is 42.9 Å². The summed E-state index contributed by atoms with van der Waals surface area (Å²) in [6.07, 6.45) is 2.18. The van der Waals surface area contributed by atoms with E-state index in [2.05, 4.69) is 10.5 Å². The van der Waals surface area contributed by atoms with Crippen LogP contribution in [-0.2, 0) is 16.1 Å². The molecule has 0 radical (unpaired) electrons. The number of pyridine rings is 1. The highest BCUT2D eigenvalue weighted by atomic mass is 19.1. The van der Waals surface area contributed by atoms with Gasteiger partial charge >= 0.3 is 6.16 Å². The Kier molecular flexibility index (Phi) is 8.26. The van der Waals surface area contributed by atoms with Gasteiger partial charge in [0.05, 0.1) is 18.4 Å². The molecule has 2 bridgehead atoms. The van der Waals surface area contributed by atoms with Crippen LogP contribution in [0.5, 0.6) is 5.75 Å². The van der Waals surface area contributed by atoms with Crippen molar-refractivity contribution in [1.82, 2.24) is 14.8 Å². The smallest absolute Gasteiger partial charge is 0.434 e. The van der Waals surface area contributed by atoms with Crippen molar-refractivity contribution in [1.29, 1.82) is 0 Å². The fourth-order valence-corrected chi connectivity index (χ4v) is 5.79. The highest BCUT2D eigenvalue weighted by molar-refractivity contribution is 6.00. The number of aromatic nitrogens is 1. The van der Waals surface area contributed by atoms with E-state index in [0.717, 1.165) is 11.8 Å². The van der Waals surface area contributed by atoms with Crippen LogP contribution in [0.4, 0.5) is 13.6 Å². The minimum atomic E-state index is -1.19. The molecule has 13 heteroatoms. The van der Waals surface area contributed by atoms with Crippen LogP contribution in [0.25, 0.3) is 0 Å². The average Bonchev–Trinajstić information content (AvgIpc) is 3.27. The van der Waals surface area contributed by atoms with Crippen LogP contribution >= 0.6 is 0 Å². The van der Waals surface area contributed by atoms with Gasteiger partial charge in [-0.3, -0.25) is 14.4 Å². The average molecular weight is 601 g/mol. The molecule has 2 amide bonds. The van der Waals surface area contributed by atoms with Gasteiger partial charge in [-0.1, -0.05) is 25.1 Å². The molecule has 3 aliphatic rings. The van der Waals surface area contributed by atoms with E-state index in [9.17, 15) is 28.0 Å². The van der Waals surface area contributed by atoms with E-state index >= 15 is 0 Å². The molecule has 3 aliphatic heterocycles. The van der Waals surface area contributed by atoms with Crippen LogP contribution in [0, 0.1) is 17.6 Å². The fourth-order valence-electron chi connectivity index (χ4n) is 5.79. The summed E-state index contributed by atoms with van der Waals surface area (Å²) in [4.78, 5) is 61.4. The zero-order valence-electron chi connectivity index (χ0n) is 24.4. The lowest BCUT2D eigenvalue weighted by Gasteiger charge is -2.42. The normalized spacial score (nSPS) is 22.5. The maximum Gasteiger partial charge on any atom is 0.514 e. The van der Waals surface area contributed by atoms with Gasteiger partial charge in [-0.25, -0.2) is 13.6 Å². The van der Waals surface area contributed by atoms with Crippen LogP contribution in [0.2, 0.25) is 0 Å². The molecule has 1 N–H and O–H groups in total. The molecule has 230 valence electrons. The lowest BCUT2D eigenvalue weighted by Crippen LogP contribution is -2.52. The summed E-state index contributed by atoms with van der Waals surface area (Å²) in [6, 6.07) is 2.09. The Labute approximate surface area is 246 Å². The van der Waals surface area contributed by atoms with Gasteiger partial charge in [-0.2, -0.15) is 0 Å². The molecule has 4 heterocycles. The first-order valence-electron chi connectivity index (χ1n) is 14.3. The van der Waals surface area contributed by atoms with E-state index < -0.39 is 58.0 Å². The number of ether oxygens (including phenoxy) is 2. The van der Waals surface area contributed by atoms with Crippen LogP contribution in [0.15, 0.2) is 34.3 Å². The number of hydrogen-bond donors (Lipinski definition) is 1. The number of fused-ring (bicyclic) bond motifs is 5. The predicted molar refractivity (Wildman–Crippen MR) is 150 cm³/mol. The summed E-state index contributed by atoms with van der Waals surface area (Å²) < 4.78 is 39.6. The second-order valence-electron chi connectivity index (χ2n) is 11.8. The lowest BCUT2D eigenvalue weighted by atomic mass is 9.84. The van der Waals surface area contributed by atoms with Crippen molar-refractivity contribution in [2.75, 3.05) is 13.2 Å². The molecule has 0 unspecified atom stereocenters. The van der Waals surface area contributed by atoms with Crippen LogP contribution in [0.3, 0.4) is 0 Å². The molecular formula is C30H34F2N4O7. The topological polar surface area (TPSA) is 129 Å². The molecule has 1 aromatic carbocycles. The second kappa shape index (κ2) is 11.8. The molecule has 3 atom stereocenters. The predicted octanol–water partition coefficient (Wildman–Crippen LogP) is 4.33. The van der Waals surface area contributed by atoms with Crippen molar-refractivity contribution in [3.63, 3.8) is 0 Å². The maximum absolute atomic E-state index is 14.2. The zero-order chi connectivity index (χ0) is 31.1. The second-order valence-corrected chi connectivity index (χ2v) is 11.8. The highest BCUT2D eigenvalue weighted by Crippen LogP contribution is 2.46. The maximum atomic E-state index is 14.2. The third-order valence-corrected chi connectivity index (χ3v) is 8.22. The molecule has 1 fully saturated rings. The van der Waals surface area contributed by atoms with Crippen molar-refractivity contribution in [3.05, 3.63) is 63.1 Å². The van der Waals surface area contributed by atoms with E-state index in [1.54, 1.807) is 4.90 Å². The number of hydrogen-bond acceptors (Lipinski definition) is 8. The number of nitrogens with one attached hydrogen (secondary N) is 1. The quantitative estimate of drug-likeness (QED) is 0.469. The fraction of sp³-hybridized carbons (Fsp3) is 0.500. The summed E-state index contributed by atoms with van der Waals surface area (Å²) in [5.41, 5.74) is -1.79. The van der Waals surface area contributed by atoms with Gasteiger partial charge in [0.25, 0.3) is 11.8 Å². The van der Waals surface area contributed by atoms with Gasteiger partial charge in [0.1, 0.15) is 17.2 Å². The first-order valence-corrected chi connectivity index (χ1v) is 14.3. The van der Waals surface area contributed by atoms with Gasteiger partial charge in [0.15, 0.2) is 11.3 Å². The van der Waals surface area contributed by atoms with Crippen molar-refractivity contribution in [2.24, 2.45) is 11.1 Å². The highest BCUT2D eigenvalue weighted by Gasteiger charge is 2.54. The summed E-state index contributed by atoms with van der Waals surface area (Å²) in [6.45, 7) is 7.49. The molecule has 43 heavy (non-hydrogen) atoms. The Morgan fingerprint density at radius 2 is 2.02 bits per heavy atom. The minimum Gasteiger partial charge on any atom is -0.434 e. The van der Waals surface area contributed by atoms with Crippen molar-refractivity contribution in [3.8, 4) is 5.75 Å². The van der Waals surface area contributed by atoms with Crippen LogP contribution in [0.1, 0.15) is 85.8 Å². The molecule has 1 saturated heterocycles. The summed E-state index contributed by atoms with van der Waals surface area (Å²) >= 11 is 0. The van der Waals surface area contributed by atoms with E-state index in [1.165, 1.54) is 16.8 Å². The molecule has 1 aromatic heterocycles. The van der Waals surface area contributed by atoms with Crippen molar-refractivity contribution < 1.29 is 37.5 Å². The largest absolute Gasteiger partial charge is 0.514 e. The van der Waals surface area contributed by atoms with Gasteiger partial charge in [0, 0.05) is 43.4 Å². The van der Waals surface area contributed by atoms with Gasteiger partial charge in [0.2, 0.25) is 11.2 Å². The Hall–Kier alpha value is -4.29. The van der Waals surface area contributed by atoms with Crippen LogP contribution < -0.4 is 15.5 Å². The number of oxime groups is 1. The van der Waals surface area contributed by atoms with E-state index in [0.29, 0.717) is 31.7 Å². The zero-order valence-corrected chi connectivity index (χ0v) is 24.4. The van der Waals surface area contributed by atoms with E-state index in [4.69, 9.17) is 14.3 Å². The molecule has 0 saturated carbocycles. The monoisotopic (exact) mass is 600 g/mol. The third-order valence-electron chi connectivity index (χ3n) is 8.22. The molecule has 1 spiro atoms. The Balaban J connectivity index is 1.58. The number of nitrogens with zero attached hydrogens (tertiary/aromatic N) is 3. The number of amides is 2. The van der Waals surface area contributed by atoms with Gasteiger partial charge in [-0.05, 0) is 45.1 Å². The summed E-state index contributed by atoms with van der Waals surface area (Å²) in [5.74, 6) is -3.51. The molecular weight excluding hydrogens is 566 g/mol. The van der Waals surface area contributed by atoms with Gasteiger partial charge < -0.3 is 29.1 Å². The first kappa shape index (κ1) is 30.2. The Morgan fingerprint density at radius 1 is 1.26 bits per heavy atom. The molecule has 5 rings (SSSR count). The number of rotatable bonds is 7. The first-order chi connectivity index (χ1) is 20.4. The number of carbonyl (C=O) groups excluding carboxylic acids is 3.